The molecule has 1 aliphatic heterocycles. The van der Waals surface area contributed by atoms with Crippen LogP contribution in [0, 0.1) is 0 Å². The fraction of sp³-hybridized carbons (Fsp3) is 1.00. The van der Waals surface area contributed by atoms with Gasteiger partial charge in [0.2, 0.25) is 0 Å². The Morgan fingerprint density at radius 1 is 1.57 bits per heavy atom. The average molecular weight is 203 g/mol. The molecule has 0 aromatic carbocycles. The van der Waals surface area contributed by atoms with Crippen molar-refractivity contribution in [1.29, 1.82) is 0 Å². The highest BCUT2D eigenvalue weighted by Crippen LogP contribution is 2.27. The molecule has 0 radical (unpaired) electrons. The Morgan fingerprint density at radius 2 is 2.21 bits per heavy atom. The molecule has 1 unspecified atom stereocenters. The highest BCUT2D eigenvalue weighted by molar-refractivity contribution is 4.88. The smallest absolute Gasteiger partial charge is 0.116 e. The van der Waals surface area contributed by atoms with E-state index in [2.05, 4.69) is 4.90 Å². The lowest BCUT2D eigenvalue weighted by Gasteiger charge is -2.31. The molecule has 4 heteroatoms. The zero-order valence-corrected chi connectivity index (χ0v) is 9.23. The number of hydrogen-bond acceptors (Lipinski definition) is 4. The lowest BCUT2D eigenvalue weighted by atomic mass is 10.1. The van der Waals surface area contributed by atoms with E-state index in [4.69, 9.17) is 9.84 Å². The molecule has 0 bridgehead atoms. The van der Waals surface area contributed by atoms with Gasteiger partial charge in [-0.15, -0.1) is 0 Å². The van der Waals surface area contributed by atoms with Crippen molar-refractivity contribution in [3.05, 3.63) is 0 Å². The van der Waals surface area contributed by atoms with Gasteiger partial charge in [0.15, 0.2) is 0 Å². The molecule has 1 rings (SSSR count). The first-order valence-electron chi connectivity index (χ1n) is 5.15. The number of likely N-dealkylation sites (N-methyl/N-ethyl adjacent to an activating group) is 1. The van der Waals surface area contributed by atoms with E-state index in [0.29, 0.717) is 19.4 Å². The summed E-state index contributed by atoms with van der Waals surface area (Å²) >= 11 is 0. The van der Waals surface area contributed by atoms with Crippen molar-refractivity contribution in [1.82, 2.24) is 4.90 Å². The van der Waals surface area contributed by atoms with Crippen LogP contribution in [0.15, 0.2) is 0 Å². The molecule has 0 aromatic rings. The normalized spacial score (nSPS) is 29.4. The third-order valence-corrected chi connectivity index (χ3v) is 3.06. The summed E-state index contributed by atoms with van der Waals surface area (Å²) in [5.74, 6) is 0. The topological polar surface area (TPSA) is 52.9 Å². The highest BCUT2D eigenvalue weighted by Gasteiger charge is 2.40. The van der Waals surface area contributed by atoms with E-state index in [0.717, 1.165) is 0 Å². The second-order valence-corrected chi connectivity index (χ2v) is 4.37. The fourth-order valence-electron chi connectivity index (χ4n) is 1.76. The summed E-state index contributed by atoms with van der Waals surface area (Å²) in [7, 11) is 1.96. The molecule has 0 aromatic heterocycles. The van der Waals surface area contributed by atoms with Crippen LogP contribution in [0.2, 0.25) is 0 Å². The van der Waals surface area contributed by atoms with Crippen LogP contribution in [0.1, 0.15) is 26.7 Å². The summed E-state index contributed by atoms with van der Waals surface area (Å²) in [5, 5.41) is 18.5. The number of nitrogens with zero attached hydrogens (tertiary/aromatic N) is 1. The van der Waals surface area contributed by atoms with Gasteiger partial charge in [-0.25, -0.2) is 0 Å². The molecule has 2 N–H and O–H groups in total. The van der Waals surface area contributed by atoms with E-state index in [1.54, 1.807) is 0 Å². The predicted molar refractivity (Wildman–Crippen MR) is 53.9 cm³/mol. The van der Waals surface area contributed by atoms with Gasteiger partial charge in [0.25, 0.3) is 0 Å². The molecule has 2 atom stereocenters. The van der Waals surface area contributed by atoms with Gasteiger partial charge in [0.05, 0.1) is 18.8 Å². The van der Waals surface area contributed by atoms with E-state index in [1.165, 1.54) is 0 Å². The Balaban J connectivity index is 2.46. The van der Waals surface area contributed by atoms with E-state index < -0.39 is 6.10 Å². The molecule has 0 spiro atoms. The first-order valence-corrected chi connectivity index (χ1v) is 5.15. The second-order valence-electron chi connectivity index (χ2n) is 4.37. The van der Waals surface area contributed by atoms with E-state index in [9.17, 15) is 5.11 Å². The molecule has 0 saturated carbocycles. The number of aliphatic hydroxyl groups excluding tert-OH is 2. The zero-order valence-electron chi connectivity index (χ0n) is 9.23. The van der Waals surface area contributed by atoms with Crippen LogP contribution in [0.5, 0.6) is 0 Å². The first-order chi connectivity index (χ1) is 6.49. The van der Waals surface area contributed by atoms with Crippen molar-refractivity contribution in [3.63, 3.8) is 0 Å². The van der Waals surface area contributed by atoms with Gasteiger partial charge in [-0.1, -0.05) is 0 Å². The number of rotatable bonds is 4. The fourth-order valence-corrected chi connectivity index (χ4v) is 1.76. The third kappa shape index (κ3) is 2.45. The van der Waals surface area contributed by atoms with Crippen molar-refractivity contribution in [2.24, 2.45) is 0 Å². The lowest BCUT2D eigenvalue weighted by Crippen LogP contribution is -2.45. The monoisotopic (exact) mass is 203 g/mol. The maximum Gasteiger partial charge on any atom is 0.116 e. The summed E-state index contributed by atoms with van der Waals surface area (Å²) in [4.78, 5) is 2.05. The van der Waals surface area contributed by atoms with Crippen molar-refractivity contribution in [2.75, 3.05) is 20.3 Å². The summed E-state index contributed by atoms with van der Waals surface area (Å²) in [6.45, 7) is 4.69. The van der Waals surface area contributed by atoms with Crippen molar-refractivity contribution < 1.29 is 14.9 Å². The molecular formula is C10H21NO3. The van der Waals surface area contributed by atoms with Crippen molar-refractivity contribution in [3.8, 4) is 0 Å². The van der Waals surface area contributed by atoms with E-state index in [1.807, 2.05) is 20.9 Å². The van der Waals surface area contributed by atoms with Crippen LogP contribution in [0.25, 0.3) is 0 Å². The Labute approximate surface area is 85.5 Å². The van der Waals surface area contributed by atoms with Crippen LogP contribution in [-0.2, 0) is 4.74 Å². The zero-order chi connectivity index (χ0) is 10.8. The molecule has 4 nitrogen and oxygen atoms in total. The van der Waals surface area contributed by atoms with Gasteiger partial charge in [-0.2, -0.15) is 0 Å². The molecule has 14 heavy (non-hydrogen) atoms. The van der Waals surface area contributed by atoms with E-state index in [-0.39, 0.29) is 18.4 Å². The minimum absolute atomic E-state index is 0.0524. The standard InChI is InChI=1S/C10H21NO3/c1-10(2)11(3)8(7-14-10)9(13)5-4-6-12/h8-9,12-13H,4-7H2,1-3H3/t8-,9?/m1/s1. The Bertz CT molecular complexity index is 184. The Kier molecular flexibility index (Phi) is 3.89. The largest absolute Gasteiger partial charge is 0.396 e. The molecule has 0 amide bonds. The molecule has 1 saturated heterocycles. The van der Waals surface area contributed by atoms with Crippen LogP contribution in [0.3, 0.4) is 0 Å². The minimum Gasteiger partial charge on any atom is -0.396 e. The SMILES string of the molecule is CN1[C@@H](C(O)CCCO)COC1(C)C. The van der Waals surface area contributed by atoms with Crippen LogP contribution < -0.4 is 0 Å². The summed E-state index contributed by atoms with van der Waals surface area (Å²) < 4.78 is 5.57. The van der Waals surface area contributed by atoms with Gasteiger partial charge < -0.3 is 14.9 Å². The van der Waals surface area contributed by atoms with Crippen LogP contribution >= 0.6 is 0 Å². The average Bonchev–Trinajstić information content (AvgIpc) is 2.39. The Hall–Kier alpha value is -0.160. The minimum atomic E-state index is -0.408. The molecule has 1 heterocycles. The quantitative estimate of drug-likeness (QED) is 0.684. The number of hydrogen-bond donors (Lipinski definition) is 2. The van der Waals surface area contributed by atoms with Gasteiger partial charge in [-0.3, -0.25) is 4.90 Å². The Morgan fingerprint density at radius 3 is 2.64 bits per heavy atom. The maximum absolute atomic E-state index is 9.85. The number of ether oxygens (including phenoxy) is 1. The number of aliphatic hydroxyl groups is 2. The first kappa shape index (κ1) is 11.9. The molecule has 1 aliphatic rings. The molecular weight excluding hydrogens is 182 g/mol. The summed E-state index contributed by atoms with van der Waals surface area (Å²) in [6.07, 6.45) is 0.866. The van der Waals surface area contributed by atoms with Gasteiger partial charge in [-0.05, 0) is 33.7 Å². The van der Waals surface area contributed by atoms with E-state index >= 15 is 0 Å². The highest BCUT2D eigenvalue weighted by atomic mass is 16.5. The van der Waals surface area contributed by atoms with Gasteiger partial charge in [0, 0.05) is 6.61 Å². The molecule has 0 aliphatic carbocycles. The predicted octanol–water partition coefficient (Wildman–Crippen LogP) is 0.186. The lowest BCUT2D eigenvalue weighted by molar-refractivity contribution is -0.0465. The third-order valence-electron chi connectivity index (χ3n) is 3.06. The van der Waals surface area contributed by atoms with Gasteiger partial charge in [0.1, 0.15) is 5.72 Å². The summed E-state index contributed by atoms with van der Waals surface area (Å²) in [5.41, 5.74) is -0.287. The van der Waals surface area contributed by atoms with Crippen LogP contribution in [-0.4, -0.2) is 53.2 Å². The van der Waals surface area contributed by atoms with Crippen molar-refractivity contribution in [2.45, 2.75) is 44.6 Å². The maximum atomic E-state index is 9.85. The second kappa shape index (κ2) is 4.57. The molecule has 84 valence electrons. The van der Waals surface area contributed by atoms with Crippen LogP contribution in [0.4, 0.5) is 0 Å². The molecule has 1 fully saturated rings. The van der Waals surface area contributed by atoms with Gasteiger partial charge >= 0.3 is 0 Å². The summed E-state index contributed by atoms with van der Waals surface area (Å²) in [6, 6.07) is 0.0524. The van der Waals surface area contributed by atoms with Crippen molar-refractivity contribution >= 4 is 0 Å².